The first-order valence-electron chi connectivity index (χ1n) is 6.64. The van der Waals surface area contributed by atoms with Crippen molar-refractivity contribution in [3.8, 4) is 0 Å². The second-order valence-corrected chi connectivity index (χ2v) is 6.88. The largest absolute Gasteiger partial charge is 0.386 e. The molecule has 0 aliphatic heterocycles. The first-order chi connectivity index (χ1) is 10.1. The molecule has 3 aromatic rings. The van der Waals surface area contributed by atoms with Crippen LogP contribution in [0.4, 0.5) is 0 Å². The van der Waals surface area contributed by atoms with Gasteiger partial charge in [0.25, 0.3) is 5.91 Å². The summed E-state index contributed by atoms with van der Waals surface area (Å²) >= 11 is 2.98. The highest BCUT2D eigenvalue weighted by molar-refractivity contribution is 7.19. The van der Waals surface area contributed by atoms with E-state index in [2.05, 4.69) is 5.32 Å². The molecule has 1 aromatic carbocycles. The molecular weight excluding hydrogens is 302 g/mol. The minimum Gasteiger partial charge on any atom is -0.386 e. The van der Waals surface area contributed by atoms with E-state index in [1.807, 2.05) is 48.7 Å². The number of benzene rings is 1. The standard InChI is InChI=1S/C16H15NO2S2/c1-10-6-7-20-15(10)16(19)17-9-12(18)14-8-11-4-2-3-5-13(11)21-14/h2-8,12,18H,9H2,1H3,(H,17,19). The van der Waals surface area contributed by atoms with E-state index in [1.54, 1.807) is 11.3 Å². The number of aliphatic hydroxyl groups excluding tert-OH is 1. The van der Waals surface area contributed by atoms with Gasteiger partial charge in [0.1, 0.15) is 6.10 Å². The molecule has 3 nitrogen and oxygen atoms in total. The van der Waals surface area contributed by atoms with Crippen molar-refractivity contribution in [3.63, 3.8) is 0 Å². The molecule has 2 N–H and O–H groups in total. The number of rotatable bonds is 4. The van der Waals surface area contributed by atoms with Crippen LogP contribution in [0, 0.1) is 6.92 Å². The van der Waals surface area contributed by atoms with Crippen LogP contribution in [-0.4, -0.2) is 17.6 Å². The number of fused-ring (bicyclic) bond motifs is 1. The van der Waals surface area contributed by atoms with Crippen LogP contribution in [0.2, 0.25) is 0 Å². The highest BCUT2D eigenvalue weighted by atomic mass is 32.1. The first-order valence-corrected chi connectivity index (χ1v) is 8.33. The molecule has 1 amide bonds. The zero-order valence-electron chi connectivity index (χ0n) is 11.5. The summed E-state index contributed by atoms with van der Waals surface area (Å²) in [6, 6.07) is 11.9. The molecule has 1 atom stereocenters. The number of hydrogen-bond acceptors (Lipinski definition) is 4. The van der Waals surface area contributed by atoms with Crippen molar-refractivity contribution in [2.45, 2.75) is 13.0 Å². The maximum atomic E-state index is 12.0. The van der Waals surface area contributed by atoms with Crippen LogP contribution >= 0.6 is 22.7 Å². The Morgan fingerprint density at radius 3 is 2.86 bits per heavy atom. The Bertz CT molecular complexity index is 742. The fourth-order valence-corrected chi connectivity index (χ4v) is 4.03. The molecule has 1 unspecified atom stereocenters. The number of carbonyl (C=O) groups excluding carboxylic acids is 1. The van der Waals surface area contributed by atoms with Gasteiger partial charge in [0.15, 0.2) is 0 Å². The lowest BCUT2D eigenvalue weighted by atomic mass is 10.2. The molecule has 0 saturated carbocycles. The monoisotopic (exact) mass is 317 g/mol. The van der Waals surface area contributed by atoms with E-state index in [4.69, 9.17) is 0 Å². The van der Waals surface area contributed by atoms with Crippen molar-refractivity contribution in [1.29, 1.82) is 0 Å². The molecule has 0 aliphatic carbocycles. The Morgan fingerprint density at radius 2 is 2.14 bits per heavy atom. The van der Waals surface area contributed by atoms with Gasteiger partial charge in [0.05, 0.1) is 4.88 Å². The minimum atomic E-state index is -0.674. The van der Waals surface area contributed by atoms with E-state index in [0.717, 1.165) is 20.5 Å². The highest BCUT2D eigenvalue weighted by Gasteiger charge is 2.15. The van der Waals surface area contributed by atoms with Gasteiger partial charge in [-0.3, -0.25) is 4.79 Å². The summed E-state index contributed by atoms with van der Waals surface area (Å²) in [4.78, 5) is 13.6. The third-order valence-corrected chi connectivity index (χ3v) is 5.53. The summed E-state index contributed by atoms with van der Waals surface area (Å²) in [5.41, 5.74) is 0.967. The van der Waals surface area contributed by atoms with Crippen molar-refractivity contribution in [3.05, 3.63) is 57.1 Å². The molecule has 3 rings (SSSR count). The first kappa shape index (κ1) is 14.3. The van der Waals surface area contributed by atoms with E-state index in [0.29, 0.717) is 4.88 Å². The predicted octanol–water partition coefficient (Wildman–Crippen LogP) is 3.73. The van der Waals surface area contributed by atoms with Crippen LogP contribution < -0.4 is 5.32 Å². The Balaban J connectivity index is 1.67. The fraction of sp³-hybridized carbons (Fsp3) is 0.188. The molecule has 5 heteroatoms. The maximum Gasteiger partial charge on any atom is 0.261 e. The van der Waals surface area contributed by atoms with Crippen molar-refractivity contribution in [2.24, 2.45) is 0 Å². The van der Waals surface area contributed by atoms with E-state index in [1.165, 1.54) is 11.3 Å². The molecule has 0 bridgehead atoms. The number of hydrogen-bond donors (Lipinski definition) is 2. The summed E-state index contributed by atoms with van der Waals surface area (Å²) in [5, 5.41) is 16.1. The second kappa shape index (κ2) is 5.97. The fourth-order valence-electron chi connectivity index (χ4n) is 2.14. The van der Waals surface area contributed by atoms with Crippen LogP contribution in [-0.2, 0) is 0 Å². The average Bonchev–Trinajstić information content (AvgIpc) is 3.10. The SMILES string of the molecule is Cc1ccsc1C(=O)NCC(O)c1cc2ccccc2s1. The number of aryl methyl sites for hydroxylation is 1. The Kier molecular flexibility index (Phi) is 4.05. The zero-order chi connectivity index (χ0) is 14.8. The molecule has 0 radical (unpaired) electrons. The van der Waals surface area contributed by atoms with Crippen LogP contribution in [0.1, 0.15) is 26.2 Å². The zero-order valence-corrected chi connectivity index (χ0v) is 13.1. The van der Waals surface area contributed by atoms with Gasteiger partial charge < -0.3 is 10.4 Å². The molecule has 0 aliphatic rings. The third-order valence-electron chi connectivity index (χ3n) is 3.30. The Hall–Kier alpha value is -1.69. The van der Waals surface area contributed by atoms with E-state index < -0.39 is 6.10 Å². The minimum absolute atomic E-state index is 0.123. The molecule has 0 fully saturated rings. The van der Waals surface area contributed by atoms with Gasteiger partial charge in [-0.05, 0) is 41.5 Å². The predicted molar refractivity (Wildman–Crippen MR) is 88.2 cm³/mol. The van der Waals surface area contributed by atoms with Gasteiger partial charge in [0.2, 0.25) is 0 Å². The molecular formula is C16H15NO2S2. The maximum absolute atomic E-state index is 12.0. The summed E-state index contributed by atoms with van der Waals surface area (Å²) < 4.78 is 1.15. The van der Waals surface area contributed by atoms with E-state index >= 15 is 0 Å². The quantitative estimate of drug-likeness (QED) is 0.770. The highest BCUT2D eigenvalue weighted by Crippen LogP contribution is 2.29. The molecule has 0 spiro atoms. The summed E-state index contributed by atoms with van der Waals surface area (Å²) in [6.07, 6.45) is -0.674. The third kappa shape index (κ3) is 3.00. The second-order valence-electron chi connectivity index (χ2n) is 4.85. The lowest BCUT2D eigenvalue weighted by Crippen LogP contribution is -2.27. The van der Waals surface area contributed by atoms with Crippen molar-refractivity contribution in [1.82, 2.24) is 5.32 Å². The summed E-state index contributed by atoms with van der Waals surface area (Å²) in [7, 11) is 0. The topological polar surface area (TPSA) is 49.3 Å². The van der Waals surface area contributed by atoms with Crippen LogP contribution in [0.25, 0.3) is 10.1 Å². The van der Waals surface area contributed by atoms with Gasteiger partial charge in [0, 0.05) is 16.1 Å². The Morgan fingerprint density at radius 1 is 1.33 bits per heavy atom. The lowest BCUT2D eigenvalue weighted by Gasteiger charge is -2.09. The van der Waals surface area contributed by atoms with Crippen molar-refractivity contribution < 1.29 is 9.90 Å². The van der Waals surface area contributed by atoms with Gasteiger partial charge in [-0.1, -0.05) is 18.2 Å². The van der Waals surface area contributed by atoms with Crippen LogP contribution in [0.3, 0.4) is 0 Å². The molecule has 108 valence electrons. The van der Waals surface area contributed by atoms with E-state index in [9.17, 15) is 9.90 Å². The molecule has 0 saturated heterocycles. The smallest absolute Gasteiger partial charge is 0.261 e. The van der Waals surface area contributed by atoms with Gasteiger partial charge in [-0.2, -0.15) is 0 Å². The molecule has 21 heavy (non-hydrogen) atoms. The van der Waals surface area contributed by atoms with Gasteiger partial charge >= 0.3 is 0 Å². The van der Waals surface area contributed by atoms with Gasteiger partial charge in [-0.15, -0.1) is 22.7 Å². The van der Waals surface area contributed by atoms with Crippen LogP contribution in [0.5, 0.6) is 0 Å². The van der Waals surface area contributed by atoms with Crippen LogP contribution in [0.15, 0.2) is 41.8 Å². The summed E-state index contributed by atoms with van der Waals surface area (Å²) in [5.74, 6) is -0.123. The number of nitrogens with one attached hydrogen (secondary N) is 1. The van der Waals surface area contributed by atoms with Crippen molar-refractivity contribution in [2.75, 3.05) is 6.54 Å². The number of amides is 1. The molecule has 2 aromatic heterocycles. The Labute approximate surface area is 130 Å². The lowest BCUT2D eigenvalue weighted by molar-refractivity contribution is 0.0921. The normalized spacial score (nSPS) is 12.5. The number of thiophene rings is 2. The van der Waals surface area contributed by atoms with E-state index in [-0.39, 0.29) is 12.5 Å². The summed E-state index contributed by atoms with van der Waals surface area (Å²) in [6.45, 7) is 2.14. The number of carbonyl (C=O) groups is 1. The average molecular weight is 317 g/mol. The van der Waals surface area contributed by atoms with Gasteiger partial charge in [-0.25, -0.2) is 0 Å². The number of aliphatic hydroxyl groups is 1. The molecule has 2 heterocycles. The van der Waals surface area contributed by atoms with Crippen molar-refractivity contribution >= 4 is 38.7 Å².